The maximum Gasteiger partial charge on any atom is 0.323 e. The van der Waals surface area contributed by atoms with Crippen molar-refractivity contribution < 1.29 is 14.7 Å². The Hall–Kier alpha value is -1.69. The summed E-state index contributed by atoms with van der Waals surface area (Å²) >= 11 is 3.20. The van der Waals surface area contributed by atoms with Gasteiger partial charge in [-0.2, -0.15) is 0 Å². The Morgan fingerprint density at radius 2 is 2.24 bits per heavy atom. The van der Waals surface area contributed by atoms with E-state index in [0.717, 1.165) is 0 Å². The lowest BCUT2D eigenvalue weighted by molar-refractivity contribution is -0.137. The molecule has 0 unspecified atom stereocenters. The van der Waals surface area contributed by atoms with E-state index in [1.54, 1.807) is 12.3 Å². The average Bonchev–Trinajstić information content (AvgIpc) is 2.27. The number of carboxylic acids is 1. The summed E-state index contributed by atoms with van der Waals surface area (Å²) in [5, 5.41) is 8.71. The van der Waals surface area contributed by atoms with Gasteiger partial charge in [0.2, 0.25) is 0 Å². The van der Waals surface area contributed by atoms with Crippen molar-refractivity contribution in [2.45, 2.75) is 0 Å². The number of hydrogen-bond donors (Lipinski definition) is 1. The van der Waals surface area contributed by atoms with Crippen LogP contribution in [0.25, 0.3) is 0 Å². The fraction of sp³-hybridized carbons (Fsp3) is 0.182. The number of amides is 1. The molecule has 6 heteroatoms. The lowest BCUT2D eigenvalue weighted by Gasteiger charge is -2.18. The number of rotatable bonds is 5. The van der Waals surface area contributed by atoms with Gasteiger partial charge in [-0.05, 0) is 22.0 Å². The highest BCUT2D eigenvalue weighted by Crippen LogP contribution is 2.11. The zero-order valence-corrected chi connectivity index (χ0v) is 10.6. The molecule has 1 aromatic rings. The van der Waals surface area contributed by atoms with Crippen LogP contribution in [0.1, 0.15) is 10.4 Å². The molecule has 0 aliphatic heterocycles. The second-order valence-corrected chi connectivity index (χ2v) is 4.18. The first kappa shape index (κ1) is 13.4. The summed E-state index contributed by atoms with van der Waals surface area (Å²) in [6.45, 7) is 3.30. The summed E-state index contributed by atoms with van der Waals surface area (Å²) in [5.41, 5.74) is 0.336. The van der Waals surface area contributed by atoms with Gasteiger partial charge in [-0.15, -0.1) is 6.58 Å². The van der Waals surface area contributed by atoms with Crippen molar-refractivity contribution in [1.82, 2.24) is 9.88 Å². The van der Waals surface area contributed by atoms with Gasteiger partial charge in [-0.25, -0.2) is 0 Å². The van der Waals surface area contributed by atoms with E-state index in [2.05, 4.69) is 27.5 Å². The molecule has 90 valence electrons. The molecule has 0 bridgehead atoms. The maximum absolute atomic E-state index is 12.0. The predicted molar refractivity (Wildman–Crippen MR) is 65.7 cm³/mol. The van der Waals surface area contributed by atoms with Gasteiger partial charge in [0.05, 0.1) is 5.56 Å². The SMILES string of the molecule is C=CCN(CC(=O)O)C(=O)c1cncc(Br)c1. The van der Waals surface area contributed by atoms with E-state index in [-0.39, 0.29) is 19.0 Å². The van der Waals surface area contributed by atoms with Crippen molar-refractivity contribution >= 4 is 27.8 Å². The van der Waals surface area contributed by atoms with Crippen molar-refractivity contribution in [2.75, 3.05) is 13.1 Å². The van der Waals surface area contributed by atoms with E-state index in [1.165, 1.54) is 17.2 Å². The van der Waals surface area contributed by atoms with Gasteiger partial charge >= 0.3 is 5.97 Å². The van der Waals surface area contributed by atoms with Gasteiger partial charge in [0.15, 0.2) is 0 Å². The number of carboxylic acid groups (broad SMARTS) is 1. The zero-order chi connectivity index (χ0) is 12.8. The second kappa shape index (κ2) is 6.15. The Labute approximate surface area is 107 Å². The van der Waals surface area contributed by atoms with Crippen LogP contribution in [0.3, 0.4) is 0 Å². The summed E-state index contributed by atoms with van der Waals surface area (Å²) in [5.74, 6) is -1.45. The quantitative estimate of drug-likeness (QED) is 0.838. The van der Waals surface area contributed by atoms with E-state index in [1.807, 2.05) is 0 Å². The Kier molecular flexibility index (Phi) is 4.84. The molecule has 1 amide bonds. The molecular weight excluding hydrogens is 288 g/mol. The van der Waals surface area contributed by atoms with Crippen LogP contribution in [0.15, 0.2) is 35.6 Å². The van der Waals surface area contributed by atoms with Crippen LogP contribution in [0.4, 0.5) is 0 Å². The molecule has 0 aliphatic rings. The third-order valence-electron chi connectivity index (χ3n) is 1.91. The number of nitrogens with zero attached hydrogens (tertiary/aromatic N) is 2. The van der Waals surface area contributed by atoms with E-state index in [9.17, 15) is 9.59 Å². The minimum Gasteiger partial charge on any atom is -0.480 e. The summed E-state index contributed by atoms with van der Waals surface area (Å²) in [4.78, 5) is 27.6. The lowest BCUT2D eigenvalue weighted by Crippen LogP contribution is -2.35. The van der Waals surface area contributed by atoms with Crippen LogP contribution in [0.5, 0.6) is 0 Å². The zero-order valence-electron chi connectivity index (χ0n) is 8.97. The minimum atomic E-state index is -1.07. The van der Waals surface area contributed by atoms with Crippen molar-refractivity contribution in [3.8, 4) is 0 Å². The van der Waals surface area contributed by atoms with Gasteiger partial charge in [-0.3, -0.25) is 14.6 Å². The van der Waals surface area contributed by atoms with Crippen LogP contribution in [-0.4, -0.2) is 40.0 Å². The molecule has 0 saturated carbocycles. The monoisotopic (exact) mass is 298 g/mol. The molecular formula is C11H11BrN2O3. The van der Waals surface area contributed by atoms with Gasteiger partial charge in [0.25, 0.3) is 5.91 Å². The van der Waals surface area contributed by atoms with Crippen molar-refractivity contribution in [1.29, 1.82) is 0 Å². The number of aromatic nitrogens is 1. The summed E-state index contributed by atoms with van der Waals surface area (Å²) in [6, 6.07) is 1.59. The number of carbonyl (C=O) groups is 2. The molecule has 1 aromatic heterocycles. The number of pyridine rings is 1. The van der Waals surface area contributed by atoms with Gasteiger partial charge < -0.3 is 10.0 Å². The molecule has 0 aromatic carbocycles. The topological polar surface area (TPSA) is 70.5 Å². The first-order valence-corrected chi connectivity index (χ1v) is 5.56. The largest absolute Gasteiger partial charge is 0.480 e. The number of hydrogen-bond acceptors (Lipinski definition) is 3. The maximum atomic E-state index is 12.0. The third kappa shape index (κ3) is 3.99. The first-order valence-electron chi connectivity index (χ1n) is 4.77. The van der Waals surface area contributed by atoms with E-state index < -0.39 is 5.97 Å². The van der Waals surface area contributed by atoms with E-state index in [4.69, 9.17) is 5.11 Å². The first-order chi connectivity index (χ1) is 8.04. The summed E-state index contributed by atoms with van der Waals surface area (Å²) in [7, 11) is 0. The molecule has 0 saturated heterocycles. The van der Waals surface area contributed by atoms with Crippen molar-refractivity contribution in [3.05, 3.63) is 41.2 Å². The highest BCUT2D eigenvalue weighted by molar-refractivity contribution is 9.10. The number of halogens is 1. The molecule has 1 heterocycles. The van der Waals surface area contributed by atoms with Gasteiger partial charge in [0.1, 0.15) is 6.54 Å². The van der Waals surface area contributed by atoms with E-state index >= 15 is 0 Å². The smallest absolute Gasteiger partial charge is 0.323 e. The molecule has 0 radical (unpaired) electrons. The van der Waals surface area contributed by atoms with Crippen LogP contribution in [-0.2, 0) is 4.79 Å². The minimum absolute atomic E-state index is 0.178. The molecule has 1 rings (SSSR count). The summed E-state index contributed by atoms with van der Waals surface area (Å²) < 4.78 is 0.664. The lowest BCUT2D eigenvalue weighted by atomic mass is 10.2. The fourth-order valence-electron chi connectivity index (χ4n) is 1.25. The Morgan fingerprint density at radius 3 is 2.76 bits per heavy atom. The Balaban J connectivity index is 2.90. The van der Waals surface area contributed by atoms with Crippen LogP contribution >= 0.6 is 15.9 Å². The molecule has 1 N–H and O–H groups in total. The van der Waals surface area contributed by atoms with Crippen LogP contribution in [0.2, 0.25) is 0 Å². The Morgan fingerprint density at radius 1 is 1.53 bits per heavy atom. The van der Waals surface area contributed by atoms with Crippen molar-refractivity contribution in [2.24, 2.45) is 0 Å². The normalized spacial score (nSPS) is 9.71. The van der Waals surface area contributed by atoms with Gasteiger partial charge in [-0.1, -0.05) is 6.08 Å². The van der Waals surface area contributed by atoms with Crippen LogP contribution in [0, 0.1) is 0 Å². The molecule has 0 atom stereocenters. The van der Waals surface area contributed by atoms with E-state index in [0.29, 0.717) is 10.0 Å². The molecule has 0 spiro atoms. The Bertz CT molecular complexity index is 448. The number of aliphatic carboxylic acids is 1. The molecule has 0 aliphatic carbocycles. The number of carbonyl (C=O) groups excluding carboxylic acids is 1. The van der Waals surface area contributed by atoms with Crippen LogP contribution < -0.4 is 0 Å². The standard InChI is InChI=1S/C11H11BrN2O3/c1-2-3-14(7-10(15)16)11(17)8-4-9(12)6-13-5-8/h2,4-6H,1,3,7H2,(H,15,16). The molecule has 0 fully saturated rings. The molecule has 5 nitrogen and oxygen atoms in total. The average molecular weight is 299 g/mol. The molecule has 17 heavy (non-hydrogen) atoms. The third-order valence-corrected chi connectivity index (χ3v) is 2.35. The fourth-order valence-corrected chi connectivity index (χ4v) is 1.61. The van der Waals surface area contributed by atoms with Gasteiger partial charge in [0, 0.05) is 23.4 Å². The summed E-state index contributed by atoms with van der Waals surface area (Å²) in [6.07, 6.45) is 4.42. The second-order valence-electron chi connectivity index (χ2n) is 3.26. The predicted octanol–water partition coefficient (Wildman–Crippen LogP) is 1.56. The highest BCUT2D eigenvalue weighted by atomic mass is 79.9. The van der Waals surface area contributed by atoms with Crippen molar-refractivity contribution in [3.63, 3.8) is 0 Å². The highest BCUT2D eigenvalue weighted by Gasteiger charge is 2.17.